The van der Waals surface area contributed by atoms with E-state index in [1.807, 2.05) is 109 Å². The molecule has 18 nitrogen and oxygen atoms in total. The second kappa shape index (κ2) is 65.4. The van der Waals surface area contributed by atoms with E-state index >= 15 is 4.39 Å². The summed E-state index contributed by atoms with van der Waals surface area (Å²) in [6, 6.07) is 40.4. The summed E-state index contributed by atoms with van der Waals surface area (Å²) in [5.41, 5.74) is 9.81. The molecule has 0 fully saturated rings. The summed E-state index contributed by atoms with van der Waals surface area (Å²) in [6.07, 6.45) is -1.34. The minimum Gasteiger partial charge on any atom is -0.390 e. The number of benzene rings is 4. The molecule has 0 bridgehead atoms. The van der Waals surface area contributed by atoms with Crippen LogP contribution < -0.4 is 5.73 Å². The Balaban J connectivity index is 0. The van der Waals surface area contributed by atoms with Crippen LogP contribution in [0.3, 0.4) is 0 Å². The van der Waals surface area contributed by atoms with Crippen molar-refractivity contribution in [1.82, 2.24) is 9.80 Å². The molecule has 4 aromatic carbocycles. The van der Waals surface area contributed by atoms with Crippen LogP contribution in [0.1, 0.15) is 90.5 Å². The maximum atomic E-state index is 15.0. The van der Waals surface area contributed by atoms with Gasteiger partial charge >= 0.3 is 0 Å². The molecule has 4 radical (unpaired) electrons. The number of nitrogens with two attached hydrogens (primary N) is 1. The van der Waals surface area contributed by atoms with E-state index < -0.39 is 46.9 Å². The van der Waals surface area contributed by atoms with Gasteiger partial charge in [-0.1, -0.05) is 150 Å². The lowest BCUT2D eigenvalue weighted by atomic mass is 9.81. The van der Waals surface area contributed by atoms with Gasteiger partial charge in [-0.2, -0.15) is 8.42 Å². The highest BCUT2D eigenvalue weighted by molar-refractivity contribution is 7.85. The zero-order valence-electron chi connectivity index (χ0n) is 56.3. The largest absolute Gasteiger partial charge is 0.390 e. The lowest BCUT2D eigenvalue weighted by Crippen LogP contribution is -2.36. The molecule has 0 aromatic heterocycles. The van der Waals surface area contributed by atoms with Crippen LogP contribution in [0.25, 0.3) is 0 Å². The van der Waals surface area contributed by atoms with Crippen LogP contribution in [-0.4, -0.2) is 240 Å². The quantitative estimate of drug-likeness (QED) is 0.0240. The maximum absolute atomic E-state index is 15.0. The van der Waals surface area contributed by atoms with Crippen LogP contribution in [0, 0.1) is 0 Å². The van der Waals surface area contributed by atoms with Gasteiger partial charge in [-0.3, -0.25) is 14.0 Å². The van der Waals surface area contributed by atoms with Crippen LogP contribution in [0.5, 0.6) is 0 Å². The summed E-state index contributed by atoms with van der Waals surface area (Å²) in [5.74, 6) is 0. The lowest BCUT2D eigenvalue weighted by Gasteiger charge is -2.27. The van der Waals surface area contributed by atoms with E-state index in [1.54, 1.807) is 13.8 Å². The van der Waals surface area contributed by atoms with Crippen molar-refractivity contribution in [2.45, 2.75) is 131 Å². The maximum Gasteiger partial charge on any atom is 0.264 e. The number of hydrogen-bond donors (Lipinski definition) is 2. The summed E-state index contributed by atoms with van der Waals surface area (Å²) in [6.45, 7) is 24.9. The monoisotopic (exact) mass is 1340 g/mol. The second-order valence-corrected chi connectivity index (χ2v) is 22.6. The Bertz CT molecular complexity index is 2180. The van der Waals surface area contributed by atoms with E-state index in [2.05, 4.69) is 62.7 Å². The van der Waals surface area contributed by atoms with Gasteiger partial charge in [-0.15, -0.1) is 0 Å². The Hall–Kier alpha value is -3.89. The fourth-order valence-corrected chi connectivity index (χ4v) is 8.19. The van der Waals surface area contributed by atoms with Crippen LogP contribution in [-0.2, 0) is 92.6 Å². The molecule has 0 heterocycles. The van der Waals surface area contributed by atoms with Gasteiger partial charge in [0.05, 0.1) is 143 Å². The number of nitrogens with zero attached hydrogens (tertiary/aromatic N) is 2. The fraction of sp³-hybridized carbons (Fsp3) is 0.652. The minimum absolute atomic E-state index is 0. The molecule has 93 heavy (non-hydrogen) atoms. The Morgan fingerprint density at radius 3 is 0.892 bits per heavy atom. The summed E-state index contributed by atoms with van der Waals surface area (Å²) in [4.78, 5) is 4.16. The first kappa shape index (κ1) is 91.2. The third kappa shape index (κ3) is 58.0. The third-order valence-electron chi connectivity index (χ3n) is 12.6. The van der Waals surface area contributed by atoms with Crippen LogP contribution in [0.15, 0.2) is 121 Å². The molecule has 530 valence electrons. The molecule has 24 heteroatoms. The molecule has 0 spiro atoms. The number of rotatable bonds is 52. The number of halogens is 3. The van der Waals surface area contributed by atoms with Crippen molar-refractivity contribution in [3.05, 3.63) is 144 Å². The molecule has 6 atom stereocenters. The molecule has 0 saturated heterocycles. The Morgan fingerprint density at radius 2 is 0.645 bits per heavy atom. The number of aliphatic hydroxyl groups excluding tert-OH is 1. The minimum atomic E-state index is -3.36. The Labute approximate surface area is 561 Å². The first-order chi connectivity index (χ1) is 44.6. The van der Waals surface area contributed by atoms with E-state index in [-0.39, 0.29) is 33.7 Å². The van der Waals surface area contributed by atoms with Crippen molar-refractivity contribution in [3.63, 3.8) is 0 Å². The van der Waals surface area contributed by atoms with E-state index in [1.165, 1.54) is 18.1 Å². The number of ether oxygens (including phenoxy) is 11. The molecule has 3 N–H and O–H groups in total. The first-order valence-electron chi connectivity index (χ1n) is 32.1. The summed E-state index contributed by atoms with van der Waals surface area (Å²) in [5, 5.41) is 9.40. The Morgan fingerprint density at radius 1 is 0.409 bits per heavy atom. The van der Waals surface area contributed by atoms with Gasteiger partial charge in [0, 0.05) is 81.1 Å². The van der Waals surface area contributed by atoms with Gasteiger partial charge in [0.1, 0.15) is 18.5 Å². The summed E-state index contributed by atoms with van der Waals surface area (Å²) in [7, 11) is 4.64. The van der Waals surface area contributed by atoms with Gasteiger partial charge in [-0.25, -0.2) is 13.2 Å². The highest BCUT2D eigenvalue weighted by Crippen LogP contribution is 2.16. The average Bonchev–Trinajstić information content (AvgIpc) is 1.42. The standard InChI is InChI=1S/C27H40FNO4.C18H22FNO.C13H28FNO4.C10H22O6S.CH4.B2/c1-3-14-30-15-16-31-17-18-32-19-20-33-24(2)27(28)23-29(21-25-10-6-4-7-11-25)22-26-12-8-5-9-13-26;1-15(21)18(19)14-20(12-16-8-4-2-5-9-16)13-17-10-6-3-7-11-17;1-3-4-16-5-6-17-7-8-18-9-10-19-12(2)13(14)11-15;1-3-4-13-5-6-14-7-8-15-9-10-16-17(2,11)12;;1-2/h4-13,24,27H,3,14-23H2,1-2H3;2-11,15,18,21H,12-14H2,1H3;12-13H,3-11,15H2,1-2H3;3-10H2,1-2H3;1H4;. The second-order valence-electron chi connectivity index (χ2n) is 21.0. The third-order valence-corrected chi connectivity index (χ3v) is 13.2. The molecule has 0 aliphatic carbocycles. The Kier molecular flexibility index (Phi) is 64.1. The van der Waals surface area contributed by atoms with Gasteiger partial charge in [0.2, 0.25) is 0 Å². The van der Waals surface area contributed by atoms with Gasteiger partial charge in [-0.05, 0) is 62.3 Å². The van der Waals surface area contributed by atoms with Gasteiger partial charge in [0.15, 0.2) is 0 Å². The smallest absolute Gasteiger partial charge is 0.264 e. The molecule has 0 aliphatic heterocycles. The first-order valence-corrected chi connectivity index (χ1v) is 33.9. The fourth-order valence-electron chi connectivity index (χ4n) is 7.82. The van der Waals surface area contributed by atoms with Crippen LogP contribution in [0.2, 0.25) is 0 Å². The zero-order chi connectivity index (χ0) is 68.0. The van der Waals surface area contributed by atoms with Crippen molar-refractivity contribution in [1.29, 1.82) is 0 Å². The van der Waals surface area contributed by atoms with Crippen molar-refractivity contribution in [3.8, 4) is 0 Å². The average molecular weight is 1340 g/mol. The lowest BCUT2D eigenvalue weighted by molar-refractivity contribution is -0.0402. The van der Waals surface area contributed by atoms with Crippen molar-refractivity contribution in [2.24, 2.45) is 5.73 Å². The summed E-state index contributed by atoms with van der Waals surface area (Å²) >= 11 is 0. The van der Waals surface area contributed by atoms with E-state index in [4.69, 9.17) is 57.8 Å². The predicted molar refractivity (Wildman–Crippen MR) is 368 cm³/mol. The number of aliphatic hydroxyl groups is 1. The normalized spacial score (nSPS) is 13.1. The van der Waals surface area contributed by atoms with Crippen molar-refractivity contribution in [2.75, 3.05) is 165 Å². The SMILES string of the molecule is C.CC(O)C(F)CN(Cc1ccccc1)Cc1ccccc1.CCCOCCOCCOCCOC(C)C(F)CN.CCCOCCOCCOCCOC(C)C(F)CN(Cc1ccccc1)Cc1ccccc1.CCCOCCOCCOCCOS(C)(=O)=O.[B][B]. The van der Waals surface area contributed by atoms with Crippen molar-refractivity contribution >= 4 is 25.6 Å². The summed E-state index contributed by atoms with van der Waals surface area (Å²) < 4.78 is 126. The predicted octanol–water partition coefficient (Wildman–Crippen LogP) is 9.74. The molecule has 0 saturated carbocycles. The molecular formula is C69H116B2F3N3O15S. The molecule has 6 unspecified atom stereocenters. The number of alkyl halides is 3. The highest BCUT2D eigenvalue weighted by Gasteiger charge is 2.22. The van der Waals surface area contributed by atoms with E-state index in [0.29, 0.717) is 138 Å². The topological polar surface area (TPSA) is 198 Å². The highest BCUT2D eigenvalue weighted by atomic mass is 32.2. The van der Waals surface area contributed by atoms with Crippen molar-refractivity contribution < 1.29 is 83.0 Å². The molecule has 0 aliphatic rings. The van der Waals surface area contributed by atoms with E-state index in [0.717, 1.165) is 56.5 Å². The van der Waals surface area contributed by atoms with Gasteiger partial charge < -0.3 is 62.9 Å². The molecule has 4 rings (SSSR count). The van der Waals surface area contributed by atoms with Crippen LogP contribution in [0.4, 0.5) is 13.2 Å². The molecule has 0 amide bonds. The van der Waals surface area contributed by atoms with Gasteiger partial charge in [0.25, 0.3) is 10.1 Å². The molecule has 4 aromatic rings. The van der Waals surface area contributed by atoms with E-state index in [9.17, 15) is 22.3 Å². The number of hydrogen-bond acceptors (Lipinski definition) is 18. The molecular weight excluding hydrogens is 1220 g/mol. The zero-order valence-corrected chi connectivity index (χ0v) is 57.1. The van der Waals surface area contributed by atoms with Crippen LogP contribution >= 0.6 is 0 Å².